The van der Waals surface area contributed by atoms with Crippen molar-refractivity contribution < 1.29 is 0 Å². The molecule has 1 N–H and O–H groups in total. The van der Waals surface area contributed by atoms with E-state index in [0.29, 0.717) is 6.04 Å². The molecule has 0 saturated carbocycles. The van der Waals surface area contributed by atoms with Gasteiger partial charge in [0.05, 0.1) is 0 Å². The molecule has 0 amide bonds. The second-order valence-electron chi connectivity index (χ2n) is 6.03. The fourth-order valence-electron chi connectivity index (χ4n) is 3.65. The van der Waals surface area contributed by atoms with E-state index >= 15 is 0 Å². The van der Waals surface area contributed by atoms with Crippen molar-refractivity contribution in [2.45, 2.75) is 25.3 Å². The van der Waals surface area contributed by atoms with Crippen LogP contribution in [0.3, 0.4) is 0 Å². The van der Waals surface area contributed by atoms with Gasteiger partial charge in [-0.05, 0) is 68.8 Å². The smallest absolute Gasteiger partial charge is 0.0495 e. The molecule has 2 nitrogen and oxygen atoms in total. The summed E-state index contributed by atoms with van der Waals surface area (Å²) in [5, 5.41) is 7.44. The third-order valence-electron chi connectivity index (χ3n) is 4.64. The molecule has 0 spiro atoms. The van der Waals surface area contributed by atoms with E-state index in [1.807, 2.05) is 12.1 Å². The molecule has 0 aliphatic carbocycles. The first-order valence-corrected chi connectivity index (χ1v) is 8.59. The normalized spacial score (nSPS) is 19.6. The summed E-state index contributed by atoms with van der Waals surface area (Å²) < 4.78 is 2.49. The lowest BCUT2D eigenvalue weighted by Gasteiger charge is -2.19. The van der Waals surface area contributed by atoms with Gasteiger partial charge >= 0.3 is 0 Å². The van der Waals surface area contributed by atoms with Crippen LogP contribution in [0.2, 0.25) is 10.0 Å². The predicted octanol–water partition coefficient (Wildman–Crippen LogP) is 5.42. The van der Waals surface area contributed by atoms with Crippen LogP contribution >= 0.6 is 23.2 Å². The van der Waals surface area contributed by atoms with Gasteiger partial charge in [0.15, 0.2) is 0 Å². The van der Waals surface area contributed by atoms with Crippen molar-refractivity contribution >= 4 is 45.0 Å². The summed E-state index contributed by atoms with van der Waals surface area (Å²) in [5.41, 5.74) is 2.52. The Morgan fingerprint density at radius 3 is 2.14 bits per heavy atom. The number of hydrogen-bond acceptors (Lipinski definition) is 1. The largest absolute Gasteiger partial charge is 0.337 e. The SMILES string of the molecule is Clc1ccc2c(c1)c1cc(Cl)ccc1n2C1CCCNCC1. The molecular formula is C18H18Cl2N2. The van der Waals surface area contributed by atoms with Crippen LogP contribution in [0.15, 0.2) is 36.4 Å². The van der Waals surface area contributed by atoms with Crippen molar-refractivity contribution in [2.24, 2.45) is 0 Å². The zero-order chi connectivity index (χ0) is 15.1. The highest BCUT2D eigenvalue weighted by Gasteiger charge is 2.20. The van der Waals surface area contributed by atoms with E-state index in [1.165, 1.54) is 34.6 Å². The molecule has 1 saturated heterocycles. The van der Waals surface area contributed by atoms with E-state index in [4.69, 9.17) is 23.2 Å². The minimum absolute atomic E-state index is 0.525. The first-order valence-electron chi connectivity index (χ1n) is 7.83. The van der Waals surface area contributed by atoms with E-state index < -0.39 is 0 Å². The highest BCUT2D eigenvalue weighted by molar-refractivity contribution is 6.33. The highest BCUT2D eigenvalue weighted by atomic mass is 35.5. The molecule has 4 heteroatoms. The molecule has 114 valence electrons. The van der Waals surface area contributed by atoms with E-state index in [9.17, 15) is 0 Å². The molecule has 1 aliphatic rings. The molecule has 1 aliphatic heterocycles. The Hall–Kier alpha value is -1.22. The summed E-state index contributed by atoms with van der Waals surface area (Å²) in [5.74, 6) is 0. The van der Waals surface area contributed by atoms with Crippen LogP contribution in [0.25, 0.3) is 21.8 Å². The number of hydrogen-bond donors (Lipinski definition) is 1. The van der Waals surface area contributed by atoms with Crippen LogP contribution in [0.5, 0.6) is 0 Å². The Bertz CT molecular complexity index is 771. The van der Waals surface area contributed by atoms with Crippen molar-refractivity contribution in [3.05, 3.63) is 46.4 Å². The number of rotatable bonds is 1. The summed E-state index contributed by atoms with van der Waals surface area (Å²) in [4.78, 5) is 0. The van der Waals surface area contributed by atoms with Gasteiger partial charge in [-0.2, -0.15) is 0 Å². The third-order valence-corrected chi connectivity index (χ3v) is 5.11. The van der Waals surface area contributed by atoms with Crippen LogP contribution in [0, 0.1) is 0 Å². The average Bonchev–Trinajstić information content (AvgIpc) is 2.68. The Morgan fingerprint density at radius 2 is 1.50 bits per heavy atom. The molecule has 22 heavy (non-hydrogen) atoms. The molecular weight excluding hydrogens is 315 g/mol. The third kappa shape index (κ3) is 2.40. The quantitative estimate of drug-likeness (QED) is 0.629. The molecule has 0 bridgehead atoms. The van der Waals surface area contributed by atoms with Crippen molar-refractivity contribution in [1.29, 1.82) is 0 Å². The maximum absolute atomic E-state index is 6.23. The molecule has 4 rings (SSSR count). The Balaban J connectivity index is 2.01. The minimum Gasteiger partial charge on any atom is -0.337 e. The van der Waals surface area contributed by atoms with Gasteiger partial charge in [0.25, 0.3) is 0 Å². The second kappa shape index (κ2) is 5.77. The molecule has 2 aromatic carbocycles. The number of aromatic nitrogens is 1. The Labute approximate surface area is 140 Å². The monoisotopic (exact) mass is 332 g/mol. The second-order valence-corrected chi connectivity index (χ2v) is 6.90. The summed E-state index contributed by atoms with van der Waals surface area (Å²) in [7, 11) is 0. The van der Waals surface area contributed by atoms with Gasteiger partial charge in [0.2, 0.25) is 0 Å². The summed E-state index contributed by atoms with van der Waals surface area (Å²) in [6.07, 6.45) is 3.58. The maximum atomic E-state index is 6.23. The van der Waals surface area contributed by atoms with Gasteiger partial charge in [-0.1, -0.05) is 23.2 Å². The van der Waals surface area contributed by atoms with Gasteiger partial charge in [-0.25, -0.2) is 0 Å². The van der Waals surface area contributed by atoms with Crippen LogP contribution in [-0.2, 0) is 0 Å². The van der Waals surface area contributed by atoms with Crippen LogP contribution in [-0.4, -0.2) is 17.7 Å². The molecule has 0 radical (unpaired) electrons. The van der Waals surface area contributed by atoms with Crippen LogP contribution in [0.4, 0.5) is 0 Å². The number of nitrogens with one attached hydrogen (secondary N) is 1. The lowest BCUT2D eigenvalue weighted by atomic mass is 10.1. The van der Waals surface area contributed by atoms with E-state index in [1.54, 1.807) is 0 Å². The molecule has 2 heterocycles. The lowest BCUT2D eigenvalue weighted by Crippen LogP contribution is -2.15. The number of benzene rings is 2. The molecule has 1 unspecified atom stereocenters. The van der Waals surface area contributed by atoms with Crippen molar-refractivity contribution in [2.75, 3.05) is 13.1 Å². The fourth-order valence-corrected chi connectivity index (χ4v) is 3.99. The van der Waals surface area contributed by atoms with E-state index in [0.717, 1.165) is 29.6 Å². The number of fused-ring (bicyclic) bond motifs is 3. The van der Waals surface area contributed by atoms with Gasteiger partial charge in [0, 0.05) is 37.9 Å². The zero-order valence-corrected chi connectivity index (χ0v) is 13.8. The molecule has 3 aromatic rings. The van der Waals surface area contributed by atoms with Crippen molar-refractivity contribution in [3.63, 3.8) is 0 Å². The topological polar surface area (TPSA) is 17.0 Å². The molecule has 1 fully saturated rings. The van der Waals surface area contributed by atoms with Gasteiger partial charge in [0.1, 0.15) is 0 Å². The number of halogens is 2. The van der Waals surface area contributed by atoms with Crippen molar-refractivity contribution in [1.82, 2.24) is 9.88 Å². The van der Waals surface area contributed by atoms with Crippen LogP contribution < -0.4 is 5.32 Å². The Kier molecular flexibility index (Phi) is 3.77. The van der Waals surface area contributed by atoms with Gasteiger partial charge < -0.3 is 9.88 Å². The van der Waals surface area contributed by atoms with Gasteiger partial charge in [-0.15, -0.1) is 0 Å². The molecule has 1 atom stereocenters. The van der Waals surface area contributed by atoms with Gasteiger partial charge in [-0.3, -0.25) is 0 Å². The van der Waals surface area contributed by atoms with E-state index in [-0.39, 0.29) is 0 Å². The van der Waals surface area contributed by atoms with Crippen molar-refractivity contribution in [3.8, 4) is 0 Å². The number of nitrogens with zero attached hydrogens (tertiary/aromatic N) is 1. The standard InChI is InChI=1S/C18H18Cl2N2/c19-12-3-5-17-15(10-12)16-11-13(20)4-6-18(16)22(17)14-2-1-8-21-9-7-14/h3-6,10-11,14,21H,1-2,7-9H2. The minimum atomic E-state index is 0.525. The highest BCUT2D eigenvalue weighted by Crippen LogP contribution is 2.37. The maximum Gasteiger partial charge on any atom is 0.0495 e. The zero-order valence-electron chi connectivity index (χ0n) is 12.3. The lowest BCUT2D eigenvalue weighted by molar-refractivity contribution is 0.478. The van der Waals surface area contributed by atoms with E-state index in [2.05, 4.69) is 34.1 Å². The molecule has 1 aromatic heterocycles. The Morgan fingerprint density at radius 1 is 0.864 bits per heavy atom. The first-order chi connectivity index (χ1) is 10.7. The summed E-state index contributed by atoms with van der Waals surface area (Å²) in [6.45, 7) is 2.19. The first kappa shape index (κ1) is 14.4. The van der Waals surface area contributed by atoms with Crippen LogP contribution in [0.1, 0.15) is 25.3 Å². The summed E-state index contributed by atoms with van der Waals surface area (Å²) in [6, 6.07) is 12.9. The summed E-state index contributed by atoms with van der Waals surface area (Å²) >= 11 is 12.5. The average molecular weight is 333 g/mol. The predicted molar refractivity (Wildman–Crippen MR) is 95.2 cm³/mol. The fraction of sp³-hybridized carbons (Fsp3) is 0.333.